The number of aryl methyl sites for hydroxylation is 1. The van der Waals surface area contributed by atoms with Crippen LogP contribution in [-0.4, -0.2) is 15.6 Å². The van der Waals surface area contributed by atoms with E-state index in [4.69, 9.17) is 5.73 Å². The van der Waals surface area contributed by atoms with E-state index in [1.165, 1.54) is 0 Å². The Morgan fingerprint density at radius 2 is 1.87 bits per heavy atom. The topological polar surface area (TPSA) is 68.2 Å². The Balaban J connectivity index is 2.22. The second-order valence-electron chi connectivity index (χ2n) is 5.90. The molecule has 118 valence electrons. The van der Waals surface area contributed by atoms with Crippen molar-refractivity contribution in [3.63, 3.8) is 0 Å². The predicted molar refractivity (Wildman–Crippen MR) is 91.1 cm³/mol. The number of primary amides is 1. The number of benzene rings is 2. The quantitative estimate of drug-likeness (QED) is 0.778. The van der Waals surface area contributed by atoms with Crippen molar-refractivity contribution >= 4 is 16.8 Å². The maximum absolute atomic E-state index is 11.5. The van der Waals surface area contributed by atoms with Crippen molar-refractivity contribution in [2.75, 3.05) is 0 Å². The molecule has 0 fully saturated rings. The van der Waals surface area contributed by atoms with E-state index in [1.54, 1.807) is 0 Å². The average Bonchev–Trinajstić information content (AvgIpc) is 2.79. The Morgan fingerprint density at radius 3 is 2.52 bits per heavy atom. The van der Waals surface area contributed by atoms with Gasteiger partial charge in [0, 0.05) is 28.7 Å². The molecular weight excluding hydrogens is 288 g/mol. The minimum atomic E-state index is -1.30. The van der Waals surface area contributed by atoms with Crippen molar-refractivity contribution in [2.45, 2.75) is 26.5 Å². The fraction of sp³-hybridized carbons (Fsp3) is 0.211. The van der Waals surface area contributed by atoms with Gasteiger partial charge >= 0.3 is 0 Å². The molecule has 3 aromatic rings. The Kier molecular flexibility index (Phi) is 3.92. The van der Waals surface area contributed by atoms with Gasteiger partial charge in [-0.1, -0.05) is 42.0 Å². The predicted octanol–water partition coefficient (Wildman–Crippen LogP) is 2.83. The molecule has 3 rings (SSSR count). The molecule has 0 spiro atoms. The van der Waals surface area contributed by atoms with E-state index in [9.17, 15) is 9.90 Å². The number of aliphatic hydroxyl groups is 1. The standard InChI is InChI=1S/C19H20N2O2/c1-12-8-9-16-15(10-12)17(18(22)19(20)23)13(2)21(16)11-14-6-4-3-5-7-14/h3-10,18,22H,11H2,1-2H3,(H2,20,23). The third-order valence-corrected chi connectivity index (χ3v) is 4.25. The fourth-order valence-corrected chi connectivity index (χ4v) is 3.08. The van der Waals surface area contributed by atoms with Crippen LogP contribution in [0, 0.1) is 13.8 Å². The summed E-state index contributed by atoms with van der Waals surface area (Å²) in [6.45, 7) is 4.58. The molecule has 2 aromatic carbocycles. The molecule has 0 aliphatic heterocycles. The lowest BCUT2D eigenvalue weighted by Gasteiger charge is -2.10. The average molecular weight is 308 g/mol. The third kappa shape index (κ3) is 2.73. The van der Waals surface area contributed by atoms with Crippen LogP contribution in [0.2, 0.25) is 0 Å². The van der Waals surface area contributed by atoms with E-state index < -0.39 is 12.0 Å². The Hall–Kier alpha value is -2.59. The van der Waals surface area contributed by atoms with Gasteiger partial charge in [-0.15, -0.1) is 0 Å². The van der Waals surface area contributed by atoms with Gasteiger partial charge in [0.15, 0.2) is 6.10 Å². The van der Waals surface area contributed by atoms with Crippen molar-refractivity contribution in [3.05, 3.63) is 70.9 Å². The van der Waals surface area contributed by atoms with Crippen molar-refractivity contribution < 1.29 is 9.90 Å². The molecule has 1 heterocycles. The van der Waals surface area contributed by atoms with Gasteiger partial charge < -0.3 is 15.4 Å². The van der Waals surface area contributed by atoms with Crippen LogP contribution in [0.1, 0.15) is 28.5 Å². The lowest BCUT2D eigenvalue weighted by atomic mass is 10.0. The van der Waals surface area contributed by atoms with Crippen LogP contribution in [0.4, 0.5) is 0 Å². The zero-order valence-electron chi connectivity index (χ0n) is 13.3. The van der Waals surface area contributed by atoms with E-state index in [1.807, 2.05) is 50.2 Å². The monoisotopic (exact) mass is 308 g/mol. The zero-order chi connectivity index (χ0) is 16.6. The number of hydrogen-bond acceptors (Lipinski definition) is 2. The lowest BCUT2D eigenvalue weighted by molar-refractivity contribution is -0.126. The molecule has 1 aromatic heterocycles. The van der Waals surface area contributed by atoms with Crippen LogP contribution in [0.25, 0.3) is 10.9 Å². The molecule has 0 saturated heterocycles. The number of nitrogens with two attached hydrogens (primary N) is 1. The first-order chi connectivity index (χ1) is 11.0. The summed E-state index contributed by atoms with van der Waals surface area (Å²) in [7, 11) is 0. The molecule has 4 heteroatoms. The molecule has 0 bridgehead atoms. The van der Waals surface area contributed by atoms with Crippen LogP contribution < -0.4 is 5.73 Å². The van der Waals surface area contributed by atoms with Crippen LogP contribution in [0.3, 0.4) is 0 Å². The highest BCUT2D eigenvalue weighted by atomic mass is 16.3. The highest BCUT2D eigenvalue weighted by Gasteiger charge is 2.24. The Labute approximate surface area is 135 Å². The molecule has 0 aliphatic carbocycles. The van der Waals surface area contributed by atoms with Gasteiger partial charge in [-0.25, -0.2) is 0 Å². The number of amides is 1. The SMILES string of the molecule is Cc1ccc2c(c1)c(C(O)C(N)=O)c(C)n2Cc1ccccc1. The van der Waals surface area contributed by atoms with Gasteiger partial charge in [-0.2, -0.15) is 0 Å². The number of aromatic nitrogens is 1. The first kappa shape index (κ1) is 15.3. The largest absolute Gasteiger partial charge is 0.378 e. The lowest BCUT2D eigenvalue weighted by Crippen LogP contribution is -2.21. The summed E-state index contributed by atoms with van der Waals surface area (Å²) in [6.07, 6.45) is -1.30. The Bertz CT molecular complexity index is 866. The maximum atomic E-state index is 11.5. The van der Waals surface area contributed by atoms with Gasteiger partial charge in [0.2, 0.25) is 0 Å². The molecule has 0 saturated carbocycles. The van der Waals surface area contributed by atoms with Crippen LogP contribution in [-0.2, 0) is 11.3 Å². The molecule has 1 unspecified atom stereocenters. The van der Waals surface area contributed by atoms with E-state index in [0.29, 0.717) is 12.1 Å². The normalized spacial score (nSPS) is 12.5. The minimum absolute atomic E-state index is 0.604. The number of carbonyl (C=O) groups is 1. The highest BCUT2D eigenvalue weighted by Crippen LogP contribution is 2.32. The number of aliphatic hydroxyl groups excluding tert-OH is 1. The molecule has 0 radical (unpaired) electrons. The third-order valence-electron chi connectivity index (χ3n) is 4.25. The van der Waals surface area contributed by atoms with E-state index >= 15 is 0 Å². The molecule has 1 atom stereocenters. The summed E-state index contributed by atoms with van der Waals surface area (Å²) < 4.78 is 2.12. The van der Waals surface area contributed by atoms with Crippen molar-refractivity contribution in [2.24, 2.45) is 5.73 Å². The molecule has 3 N–H and O–H groups in total. The number of carbonyl (C=O) groups excluding carboxylic acids is 1. The van der Waals surface area contributed by atoms with Gasteiger partial charge in [0.1, 0.15) is 0 Å². The smallest absolute Gasteiger partial charge is 0.250 e. The van der Waals surface area contributed by atoms with E-state index in [0.717, 1.165) is 27.7 Å². The first-order valence-electron chi connectivity index (χ1n) is 7.59. The summed E-state index contributed by atoms with van der Waals surface area (Å²) in [6, 6.07) is 16.1. The molecule has 4 nitrogen and oxygen atoms in total. The van der Waals surface area contributed by atoms with Gasteiger partial charge in [-0.3, -0.25) is 4.79 Å². The van der Waals surface area contributed by atoms with Gasteiger partial charge in [0.05, 0.1) is 0 Å². The van der Waals surface area contributed by atoms with Crippen molar-refractivity contribution in [1.82, 2.24) is 4.57 Å². The van der Waals surface area contributed by atoms with Crippen LogP contribution >= 0.6 is 0 Å². The number of rotatable bonds is 4. The summed E-state index contributed by atoms with van der Waals surface area (Å²) in [5, 5.41) is 11.1. The van der Waals surface area contributed by atoms with E-state index in [-0.39, 0.29) is 0 Å². The summed E-state index contributed by atoms with van der Waals surface area (Å²) >= 11 is 0. The zero-order valence-corrected chi connectivity index (χ0v) is 13.3. The van der Waals surface area contributed by atoms with Crippen molar-refractivity contribution in [3.8, 4) is 0 Å². The highest BCUT2D eigenvalue weighted by molar-refractivity contribution is 5.92. The van der Waals surface area contributed by atoms with Gasteiger partial charge in [-0.05, 0) is 31.5 Å². The van der Waals surface area contributed by atoms with E-state index in [2.05, 4.69) is 16.7 Å². The number of nitrogens with zero attached hydrogens (tertiary/aromatic N) is 1. The summed E-state index contributed by atoms with van der Waals surface area (Å²) in [5.41, 5.74) is 10.0. The van der Waals surface area contributed by atoms with Crippen LogP contribution in [0.5, 0.6) is 0 Å². The Morgan fingerprint density at radius 1 is 1.17 bits per heavy atom. The second-order valence-corrected chi connectivity index (χ2v) is 5.90. The number of hydrogen-bond donors (Lipinski definition) is 2. The molecular formula is C19H20N2O2. The number of fused-ring (bicyclic) bond motifs is 1. The summed E-state index contributed by atoms with van der Waals surface area (Å²) in [5.74, 6) is -0.728. The molecule has 23 heavy (non-hydrogen) atoms. The maximum Gasteiger partial charge on any atom is 0.250 e. The molecule has 0 aliphatic rings. The van der Waals surface area contributed by atoms with Crippen LogP contribution in [0.15, 0.2) is 48.5 Å². The fourth-order valence-electron chi connectivity index (χ4n) is 3.08. The molecule has 1 amide bonds. The minimum Gasteiger partial charge on any atom is -0.378 e. The summed E-state index contributed by atoms with van der Waals surface area (Å²) in [4.78, 5) is 11.5. The van der Waals surface area contributed by atoms with Gasteiger partial charge in [0.25, 0.3) is 5.91 Å². The van der Waals surface area contributed by atoms with Crippen molar-refractivity contribution in [1.29, 1.82) is 0 Å². The second kappa shape index (κ2) is 5.89. The first-order valence-corrected chi connectivity index (χ1v) is 7.59.